The molecule has 0 spiro atoms. The van der Waals surface area contributed by atoms with E-state index in [2.05, 4.69) is 48.2 Å². The number of fused-ring (bicyclic) bond motifs is 3. The van der Waals surface area contributed by atoms with E-state index in [1.807, 2.05) is 0 Å². The van der Waals surface area contributed by atoms with Crippen molar-refractivity contribution in [2.24, 2.45) is 5.92 Å². The Morgan fingerprint density at radius 3 is 3.04 bits per heavy atom. The van der Waals surface area contributed by atoms with E-state index in [1.54, 1.807) is 22.7 Å². The number of nitrogens with one attached hydrogen (secondary N) is 1. The standard InChI is InChI=1S/C20H25N3OS2/c1-4-23(11-14-6-5-9-25-14)13(3)18-21-19(24)17-15-8-7-12(2)10-16(15)26-20(17)22-18/h5-6,9,12-13H,4,7-8,10-11H2,1-3H3,(H,21,22,24)/t12-,13-/m1/s1. The lowest BCUT2D eigenvalue weighted by Gasteiger charge is -2.26. The van der Waals surface area contributed by atoms with E-state index in [4.69, 9.17) is 4.98 Å². The first-order valence-corrected chi connectivity index (χ1v) is 11.1. The molecular formula is C20H25N3OS2. The van der Waals surface area contributed by atoms with Crippen molar-refractivity contribution in [1.29, 1.82) is 0 Å². The molecule has 1 aliphatic carbocycles. The Balaban J connectivity index is 1.69. The highest BCUT2D eigenvalue weighted by Crippen LogP contribution is 2.36. The second-order valence-corrected chi connectivity index (χ2v) is 9.42. The molecule has 6 heteroatoms. The molecule has 3 aromatic heterocycles. The summed E-state index contributed by atoms with van der Waals surface area (Å²) >= 11 is 3.50. The number of hydrogen-bond acceptors (Lipinski definition) is 5. The van der Waals surface area contributed by atoms with Gasteiger partial charge in [0.25, 0.3) is 5.56 Å². The lowest BCUT2D eigenvalue weighted by Crippen LogP contribution is -2.29. The van der Waals surface area contributed by atoms with E-state index in [9.17, 15) is 4.79 Å². The van der Waals surface area contributed by atoms with Gasteiger partial charge in [-0.1, -0.05) is 19.9 Å². The molecule has 0 aromatic carbocycles. The van der Waals surface area contributed by atoms with Gasteiger partial charge in [0.15, 0.2) is 0 Å². The Kier molecular flexibility index (Phi) is 4.99. The van der Waals surface area contributed by atoms with Crippen molar-refractivity contribution in [1.82, 2.24) is 14.9 Å². The van der Waals surface area contributed by atoms with Crippen LogP contribution in [0.4, 0.5) is 0 Å². The van der Waals surface area contributed by atoms with Crippen LogP contribution >= 0.6 is 22.7 Å². The minimum absolute atomic E-state index is 0.0380. The van der Waals surface area contributed by atoms with Crippen LogP contribution in [0.5, 0.6) is 0 Å². The Labute approximate surface area is 161 Å². The van der Waals surface area contributed by atoms with E-state index >= 15 is 0 Å². The summed E-state index contributed by atoms with van der Waals surface area (Å²) in [6.07, 6.45) is 3.26. The SMILES string of the molecule is CCN(Cc1cccs1)[C@H](C)c1nc2sc3c(c2c(=O)[nH]1)CC[C@@H](C)C3. The van der Waals surface area contributed by atoms with Gasteiger partial charge in [0, 0.05) is 16.3 Å². The normalized spacial score (nSPS) is 18.4. The molecule has 0 radical (unpaired) electrons. The van der Waals surface area contributed by atoms with Crippen molar-refractivity contribution < 1.29 is 0 Å². The summed E-state index contributed by atoms with van der Waals surface area (Å²) in [7, 11) is 0. The topological polar surface area (TPSA) is 49.0 Å². The Morgan fingerprint density at radius 1 is 1.46 bits per heavy atom. The maximum absolute atomic E-state index is 12.8. The van der Waals surface area contributed by atoms with Crippen LogP contribution in [-0.4, -0.2) is 21.4 Å². The number of aromatic amines is 1. The van der Waals surface area contributed by atoms with Crippen molar-refractivity contribution in [3.05, 3.63) is 49.0 Å². The fourth-order valence-corrected chi connectivity index (χ4v) is 5.98. The molecule has 0 unspecified atom stereocenters. The van der Waals surface area contributed by atoms with Crippen LogP contribution in [0.2, 0.25) is 0 Å². The largest absolute Gasteiger partial charge is 0.309 e. The fraction of sp³-hybridized carbons (Fsp3) is 0.500. The Bertz CT molecular complexity index is 958. The third-order valence-corrected chi connectivity index (χ3v) is 7.48. The first-order valence-electron chi connectivity index (χ1n) is 9.37. The summed E-state index contributed by atoms with van der Waals surface area (Å²) in [5.41, 5.74) is 1.29. The molecule has 4 nitrogen and oxygen atoms in total. The minimum Gasteiger partial charge on any atom is -0.309 e. The minimum atomic E-state index is 0.0380. The van der Waals surface area contributed by atoms with Gasteiger partial charge >= 0.3 is 0 Å². The smallest absolute Gasteiger partial charge is 0.259 e. The zero-order valence-electron chi connectivity index (χ0n) is 15.5. The molecule has 2 atom stereocenters. The second-order valence-electron chi connectivity index (χ2n) is 7.30. The maximum atomic E-state index is 12.8. The zero-order chi connectivity index (χ0) is 18.3. The molecule has 1 N–H and O–H groups in total. The van der Waals surface area contributed by atoms with E-state index in [1.165, 1.54) is 21.7 Å². The fourth-order valence-electron chi connectivity index (χ4n) is 3.86. The van der Waals surface area contributed by atoms with Gasteiger partial charge in [-0.15, -0.1) is 22.7 Å². The van der Waals surface area contributed by atoms with Crippen LogP contribution in [0.3, 0.4) is 0 Å². The quantitative estimate of drug-likeness (QED) is 0.687. The summed E-state index contributed by atoms with van der Waals surface area (Å²) in [6.45, 7) is 8.39. The molecule has 4 rings (SSSR count). The third-order valence-electron chi connectivity index (χ3n) is 5.47. The van der Waals surface area contributed by atoms with Crippen molar-refractivity contribution >= 4 is 32.9 Å². The molecule has 1 aliphatic rings. The number of H-pyrrole nitrogens is 1. The molecule has 0 aliphatic heterocycles. The summed E-state index contributed by atoms with van der Waals surface area (Å²) in [5.74, 6) is 1.49. The molecule has 26 heavy (non-hydrogen) atoms. The maximum Gasteiger partial charge on any atom is 0.259 e. The summed E-state index contributed by atoms with van der Waals surface area (Å²) in [6, 6.07) is 4.33. The first kappa shape index (κ1) is 17.9. The van der Waals surface area contributed by atoms with Crippen LogP contribution in [0.25, 0.3) is 10.2 Å². The van der Waals surface area contributed by atoms with Crippen LogP contribution in [-0.2, 0) is 19.4 Å². The van der Waals surface area contributed by atoms with Crippen LogP contribution in [0, 0.1) is 5.92 Å². The lowest BCUT2D eigenvalue weighted by atomic mass is 9.89. The average molecular weight is 388 g/mol. The summed E-state index contributed by atoms with van der Waals surface area (Å²) in [4.78, 5) is 26.8. The van der Waals surface area contributed by atoms with Crippen LogP contribution < -0.4 is 5.56 Å². The van der Waals surface area contributed by atoms with Crippen molar-refractivity contribution in [3.63, 3.8) is 0 Å². The third kappa shape index (κ3) is 3.26. The molecule has 0 bridgehead atoms. The molecule has 3 aromatic rings. The monoisotopic (exact) mass is 387 g/mol. The van der Waals surface area contributed by atoms with Crippen molar-refractivity contribution in [2.75, 3.05) is 6.54 Å². The van der Waals surface area contributed by atoms with Gasteiger partial charge in [-0.25, -0.2) is 4.98 Å². The number of thiophene rings is 2. The Morgan fingerprint density at radius 2 is 2.31 bits per heavy atom. The predicted octanol–water partition coefficient (Wildman–Crippen LogP) is 4.75. The van der Waals surface area contributed by atoms with E-state index < -0.39 is 0 Å². The number of rotatable bonds is 5. The molecule has 138 valence electrons. The lowest BCUT2D eigenvalue weighted by molar-refractivity contribution is 0.207. The van der Waals surface area contributed by atoms with Gasteiger partial charge < -0.3 is 4.98 Å². The number of hydrogen-bond donors (Lipinski definition) is 1. The average Bonchev–Trinajstić information content (AvgIpc) is 3.25. The van der Waals surface area contributed by atoms with E-state index in [0.717, 1.165) is 42.0 Å². The van der Waals surface area contributed by atoms with E-state index in [-0.39, 0.29) is 11.6 Å². The highest BCUT2D eigenvalue weighted by Gasteiger charge is 2.25. The molecule has 0 saturated carbocycles. The van der Waals surface area contributed by atoms with Gasteiger partial charge in [0.2, 0.25) is 0 Å². The summed E-state index contributed by atoms with van der Waals surface area (Å²) < 4.78 is 0. The van der Waals surface area contributed by atoms with Gasteiger partial charge in [-0.3, -0.25) is 9.69 Å². The van der Waals surface area contributed by atoms with Gasteiger partial charge in [0.1, 0.15) is 10.7 Å². The number of aromatic nitrogens is 2. The highest BCUT2D eigenvalue weighted by atomic mass is 32.1. The molecule has 3 heterocycles. The van der Waals surface area contributed by atoms with Crippen molar-refractivity contribution in [3.8, 4) is 0 Å². The van der Waals surface area contributed by atoms with Crippen LogP contribution in [0.15, 0.2) is 22.3 Å². The first-order chi connectivity index (χ1) is 12.6. The molecule has 0 amide bonds. The highest BCUT2D eigenvalue weighted by molar-refractivity contribution is 7.18. The van der Waals surface area contributed by atoms with E-state index in [0.29, 0.717) is 5.92 Å². The summed E-state index contributed by atoms with van der Waals surface area (Å²) in [5, 5.41) is 2.95. The van der Waals surface area contributed by atoms with Gasteiger partial charge in [0.05, 0.1) is 11.4 Å². The van der Waals surface area contributed by atoms with Gasteiger partial charge in [-0.05, 0) is 55.7 Å². The molecule has 0 fully saturated rings. The predicted molar refractivity (Wildman–Crippen MR) is 110 cm³/mol. The number of nitrogens with zero attached hydrogens (tertiary/aromatic N) is 2. The second kappa shape index (κ2) is 7.25. The molecule has 0 saturated heterocycles. The van der Waals surface area contributed by atoms with Crippen molar-refractivity contribution in [2.45, 2.75) is 52.6 Å². The molecular weight excluding hydrogens is 362 g/mol. The Hall–Kier alpha value is -1.50. The van der Waals surface area contributed by atoms with Gasteiger partial charge in [-0.2, -0.15) is 0 Å². The van der Waals surface area contributed by atoms with Crippen LogP contribution in [0.1, 0.15) is 54.4 Å². The zero-order valence-corrected chi connectivity index (χ0v) is 17.2. The number of aryl methyl sites for hydroxylation is 1.